The van der Waals surface area contributed by atoms with Gasteiger partial charge in [0.2, 0.25) is 11.8 Å². The normalized spacial score (nSPS) is 27.1. The minimum atomic E-state index is -4.42. The number of hydrogen-bond donors (Lipinski definition) is 3. The van der Waals surface area contributed by atoms with Crippen LogP contribution < -0.4 is 15.4 Å². The summed E-state index contributed by atoms with van der Waals surface area (Å²) in [5.74, 6) is -2.30. The minimum Gasteiger partial charge on any atom is -0.444 e. The van der Waals surface area contributed by atoms with Crippen molar-refractivity contribution in [2.45, 2.75) is 107 Å². The highest BCUT2D eigenvalue weighted by molar-refractivity contribution is 7.90. The summed E-state index contributed by atoms with van der Waals surface area (Å²) < 4.78 is 34.2. The number of carbonyl (C=O) groups is 4. The fourth-order valence-corrected chi connectivity index (χ4v) is 8.06. The lowest BCUT2D eigenvalue weighted by Gasteiger charge is -2.30. The molecule has 0 unspecified atom stereocenters. The summed E-state index contributed by atoms with van der Waals surface area (Å²) in [7, 11) is -4.42. The van der Waals surface area contributed by atoms with Gasteiger partial charge in [-0.1, -0.05) is 48.2 Å². The number of allylic oxidation sites excluding steroid dienone is 1. The molecule has 3 aliphatic rings. The van der Waals surface area contributed by atoms with Gasteiger partial charge in [0.05, 0.1) is 5.02 Å². The first-order valence-electron chi connectivity index (χ1n) is 14.9. The third kappa shape index (κ3) is 7.87. The lowest BCUT2D eigenvalue weighted by atomic mass is 10.0. The Kier molecular flexibility index (Phi) is 10.3. The highest BCUT2D eigenvalue weighted by Gasteiger charge is 2.61. The molecule has 0 bridgehead atoms. The molecule has 2 heterocycles. The number of hydrogen-bond acceptors (Lipinski definition) is 7. The van der Waals surface area contributed by atoms with Crippen LogP contribution in [0.2, 0.25) is 10.0 Å². The summed E-state index contributed by atoms with van der Waals surface area (Å²) in [5.41, 5.74) is -2.02. The van der Waals surface area contributed by atoms with Crippen molar-refractivity contribution >= 4 is 57.0 Å². The van der Waals surface area contributed by atoms with Crippen molar-refractivity contribution in [2.75, 3.05) is 6.54 Å². The van der Waals surface area contributed by atoms with Gasteiger partial charge in [-0.3, -0.25) is 14.4 Å². The number of sulfonamides is 1. The molecule has 11 nitrogen and oxygen atoms in total. The summed E-state index contributed by atoms with van der Waals surface area (Å²) in [4.78, 5) is 54.9. The quantitative estimate of drug-likeness (QED) is 0.402. The highest BCUT2D eigenvalue weighted by atomic mass is 35.5. The highest BCUT2D eigenvalue weighted by Crippen LogP contribution is 2.46. The molecule has 4 amide bonds. The van der Waals surface area contributed by atoms with E-state index in [1.165, 1.54) is 24.0 Å². The van der Waals surface area contributed by atoms with Gasteiger partial charge in [-0.15, -0.1) is 0 Å². The molecule has 0 spiro atoms. The molecule has 1 aromatic carbocycles. The van der Waals surface area contributed by atoms with E-state index >= 15 is 0 Å². The molecule has 4 atom stereocenters. The summed E-state index contributed by atoms with van der Waals surface area (Å²) in [6.07, 6.45) is 7.46. The molecule has 1 saturated heterocycles. The van der Waals surface area contributed by atoms with Crippen LogP contribution in [0.5, 0.6) is 0 Å². The summed E-state index contributed by atoms with van der Waals surface area (Å²) in [6, 6.07) is 0.923. The number of halogens is 2. The number of amides is 4. The monoisotopic (exact) mass is 670 g/mol. The van der Waals surface area contributed by atoms with Crippen molar-refractivity contribution in [3.05, 3.63) is 39.9 Å². The van der Waals surface area contributed by atoms with Gasteiger partial charge in [-0.05, 0) is 83.9 Å². The van der Waals surface area contributed by atoms with Crippen LogP contribution >= 0.6 is 23.2 Å². The number of ether oxygens (including phenoxy) is 1. The number of nitrogens with one attached hydrogen (secondary N) is 3. The summed E-state index contributed by atoms with van der Waals surface area (Å²) in [5, 5.41) is 5.60. The lowest BCUT2D eigenvalue weighted by molar-refractivity contribution is -0.141. The third-order valence-corrected chi connectivity index (χ3v) is 10.2. The van der Waals surface area contributed by atoms with Crippen LogP contribution in [0, 0.1) is 12.8 Å². The van der Waals surface area contributed by atoms with Gasteiger partial charge in [-0.25, -0.2) is 17.9 Å². The topological polar surface area (TPSA) is 151 Å². The molecule has 1 saturated carbocycles. The number of carbonyl (C=O) groups excluding carboxylic acids is 4. The molecule has 1 aliphatic carbocycles. The van der Waals surface area contributed by atoms with E-state index in [1.807, 2.05) is 12.2 Å². The van der Waals surface area contributed by atoms with Gasteiger partial charge in [0.25, 0.3) is 15.9 Å². The smallest absolute Gasteiger partial charge is 0.408 e. The van der Waals surface area contributed by atoms with E-state index in [0.717, 1.165) is 12.8 Å². The molecule has 3 N–H and O–H groups in total. The Morgan fingerprint density at radius 3 is 2.50 bits per heavy atom. The van der Waals surface area contributed by atoms with Crippen molar-refractivity contribution in [3.8, 4) is 0 Å². The second-order valence-electron chi connectivity index (χ2n) is 12.7. The molecule has 0 aromatic heterocycles. The van der Waals surface area contributed by atoms with Crippen LogP contribution in [0.4, 0.5) is 4.79 Å². The molecular formula is C30H40Cl2N4O7S. The van der Waals surface area contributed by atoms with Crippen LogP contribution in [-0.2, 0) is 29.1 Å². The first-order valence-corrected chi connectivity index (χ1v) is 17.1. The predicted molar refractivity (Wildman–Crippen MR) is 166 cm³/mol. The van der Waals surface area contributed by atoms with Gasteiger partial charge in [-0.2, -0.15) is 0 Å². The molecule has 4 rings (SSSR count). The van der Waals surface area contributed by atoms with Crippen LogP contribution in [0.1, 0.15) is 77.7 Å². The number of benzene rings is 1. The average molecular weight is 672 g/mol. The predicted octanol–water partition coefficient (Wildman–Crippen LogP) is 4.39. The van der Waals surface area contributed by atoms with Crippen LogP contribution in [0.3, 0.4) is 0 Å². The Balaban J connectivity index is 1.59. The van der Waals surface area contributed by atoms with Crippen molar-refractivity contribution in [1.82, 2.24) is 20.3 Å². The molecule has 44 heavy (non-hydrogen) atoms. The molecule has 2 aliphatic heterocycles. The number of alkyl carbamates (subject to hydrolysis) is 1. The molecule has 242 valence electrons. The van der Waals surface area contributed by atoms with E-state index < -0.39 is 63.0 Å². The standard InChI is InChI=1S/C30H40Cl2N4O7S/c1-18-15-20(31)16-21(32)24(18)44(41,42)35-27(39)30-17-19(30)11-8-6-5-7-9-12-22(33-28(40)43-29(2,3)4)26(38)36-14-10-13-23(36)25(37)34-30/h8,11,15-16,19,22-23H,5-7,9-10,12-14,17H2,1-4H3,(H,33,40)(H,34,37)(H,35,39)/b11-8-/t19-,22+,23+,30-/m1/s1. The molecule has 1 aromatic rings. The fourth-order valence-electron chi connectivity index (χ4n) is 5.84. The molecule has 0 radical (unpaired) electrons. The number of fused-ring (bicyclic) bond motifs is 2. The van der Waals surface area contributed by atoms with E-state index in [-0.39, 0.29) is 26.9 Å². The second kappa shape index (κ2) is 13.3. The SMILES string of the molecule is Cc1cc(Cl)cc(Cl)c1S(=O)(=O)NC(=O)[C@@]12C[C@H]1/C=C\CCCCC[C@H](NC(=O)OC(C)(C)C)C(=O)N1CCC[C@H]1C(=O)N2. The Bertz CT molecular complexity index is 1440. The largest absolute Gasteiger partial charge is 0.444 e. The zero-order valence-corrected chi connectivity index (χ0v) is 27.7. The number of aryl methyl sites for hydroxylation is 1. The number of nitrogens with zero attached hydrogens (tertiary/aromatic N) is 1. The van der Waals surface area contributed by atoms with E-state index in [1.54, 1.807) is 20.8 Å². The van der Waals surface area contributed by atoms with Crippen molar-refractivity contribution < 1.29 is 32.3 Å². The van der Waals surface area contributed by atoms with E-state index in [4.69, 9.17) is 27.9 Å². The maximum atomic E-state index is 13.7. The van der Waals surface area contributed by atoms with E-state index in [2.05, 4.69) is 15.4 Å². The van der Waals surface area contributed by atoms with Crippen molar-refractivity contribution in [3.63, 3.8) is 0 Å². The van der Waals surface area contributed by atoms with Gasteiger partial charge < -0.3 is 20.3 Å². The summed E-state index contributed by atoms with van der Waals surface area (Å²) in [6.45, 7) is 7.00. The third-order valence-electron chi connectivity index (χ3n) is 8.02. The van der Waals surface area contributed by atoms with Crippen molar-refractivity contribution in [2.24, 2.45) is 5.92 Å². The van der Waals surface area contributed by atoms with Crippen molar-refractivity contribution in [1.29, 1.82) is 0 Å². The van der Waals surface area contributed by atoms with Gasteiger partial charge in [0.1, 0.15) is 28.1 Å². The van der Waals surface area contributed by atoms with Gasteiger partial charge in [0, 0.05) is 17.5 Å². The van der Waals surface area contributed by atoms with Crippen LogP contribution in [0.25, 0.3) is 0 Å². The van der Waals surface area contributed by atoms with Gasteiger partial charge >= 0.3 is 6.09 Å². The maximum Gasteiger partial charge on any atom is 0.408 e. The zero-order chi connectivity index (χ0) is 32.4. The second-order valence-corrected chi connectivity index (χ2v) is 15.2. The van der Waals surface area contributed by atoms with E-state index in [9.17, 15) is 27.6 Å². The fraction of sp³-hybridized carbons (Fsp3) is 0.600. The first kappa shape index (κ1) is 34.1. The minimum absolute atomic E-state index is 0.138. The van der Waals surface area contributed by atoms with E-state index in [0.29, 0.717) is 38.6 Å². The Morgan fingerprint density at radius 2 is 1.82 bits per heavy atom. The first-order chi connectivity index (χ1) is 20.5. The Morgan fingerprint density at radius 1 is 1.09 bits per heavy atom. The van der Waals surface area contributed by atoms with Crippen LogP contribution in [-0.4, -0.2) is 66.9 Å². The molecule has 2 fully saturated rings. The Hall–Kier alpha value is -2.83. The average Bonchev–Trinajstić information content (AvgIpc) is 3.34. The Labute approximate surface area is 268 Å². The molecule has 14 heteroatoms. The number of rotatable bonds is 4. The zero-order valence-electron chi connectivity index (χ0n) is 25.4. The maximum absolute atomic E-state index is 13.7. The lowest BCUT2D eigenvalue weighted by Crippen LogP contribution is -2.58. The molecular weight excluding hydrogens is 631 g/mol. The van der Waals surface area contributed by atoms with Gasteiger partial charge in [0.15, 0.2) is 0 Å². The summed E-state index contributed by atoms with van der Waals surface area (Å²) >= 11 is 12.2. The van der Waals surface area contributed by atoms with Crippen LogP contribution in [0.15, 0.2) is 29.2 Å².